The molecule has 2 unspecified atom stereocenters. The maximum Gasteiger partial charge on any atom is 0.228 e. The molecule has 0 spiro atoms. The Balaban J connectivity index is 1.87. The van der Waals surface area contributed by atoms with E-state index in [1.165, 1.54) is 0 Å². The van der Waals surface area contributed by atoms with Crippen molar-refractivity contribution in [2.45, 2.75) is 26.7 Å². The number of benzene rings is 1. The summed E-state index contributed by atoms with van der Waals surface area (Å²) in [6, 6.07) is 1.68. The molecule has 0 bridgehead atoms. The van der Waals surface area contributed by atoms with Crippen LogP contribution in [0, 0.1) is 35.2 Å². The second-order valence-corrected chi connectivity index (χ2v) is 6.13. The molecular formula is C16H19F3N2O2. The van der Waals surface area contributed by atoms with Crippen LogP contribution >= 0.6 is 0 Å². The second-order valence-electron chi connectivity index (χ2n) is 6.13. The van der Waals surface area contributed by atoms with Crippen molar-refractivity contribution in [2.75, 3.05) is 11.9 Å². The summed E-state index contributed by atoms with van der Waals surface area (Å²) in [4.78, 5) is 23.8. The van der Waals surface area contributed by atoms with Crippen molar-refractivity contribution in [2.24, 2.45) is 17.8 Å². The number of amides is 2. The van der Waals surface area contributed by atoms with Gasteiger partial charge in [-0.2, -0.15) is 0 Å². The molecule has 1 fully saturated rings. The van der Waals surface area contributed by atoms with Crippen molar-refractivity contribution in [3.8, 4) is 0 Å². The van der Waals surface area contributed by atoms with Crippen LogP contribution in [0.15, 0.2) is 12.1 Å². The first-order chi connectivity index (χ1) is 10.8. The maximum atomic E-state index is 13.5. The van der Waals surface area contributed by atoms with Gasteiger partial charge in [0.05, 0.1) is 17.5 Å². The third kappa shape index (κ3) is 4.24. The van der Waals surface area contributed by atoms with Crippen molar-refractivity contribution < 1.29 is 22.8 Å². The van der Waals surface area contributed by atoms with E-state index >= 15 is 0 Å². The van der Waals surface area contributed by atoms with Gasteiger partial charge in [0.15, 0.2) is 17.5 Å². The van der Waals surface area contributed by atoms with Gasteiger partial charge in [-0.1, -0.05) is 13.8 Å². The van der Waals surface area contributed by atoms with Crippen LogP contribution in [0.2, 0.25) is 0 Å². The van der Waals surface area contributed by atoms with Crippen LogP contribution in [-0.2, 0) is 9.59 Å². The van der Waals surface area contributed by atoms with Gasteiger partial charge in [-0.25, -0.2) is 13.2 Å². The zero-order valence-corrected chi connectivity index (χ0v) is 13.0. The Hall–Kier alpha value is -2.05. The first-order valence-corrected chi connectivity index (χ1v) is 7.53. The maximum absolute atomic E-state index is 13.5. The third-order valence-corrected chi connectivity index (χ3v) is 3.78. The lowest BCUT2D eigenvalue weighted by molar-refractivity contribution is -0.125. The van der Waals surface area contributed by atoms with Crippen LogP contribution < -0.4 is 10.6 Å². The fraction of sp³-hybridized carbons (Fsp3) is 0.500. The molecule has 2 N–H and O–H groups in total. The summed E-state index contributed by atoms with van der Waals surface area (Å²) < 4.78 is 39.4. The first-order valence-electron chi connectivity index (χ1n) is 7.53. The Morgan fingerprint density at radius 2 is 1.78 bits per heavy atom. The molecule has 1 aliphatic rings. The summed E-state index contributed by atoms with van der Waals surface area (Å²) >= 11 is 0. The molecule has 7 heteroatoms. The number of nitrogens with one attached hydrogen (secondary N) is 2. The Morgan fingerprint density at radius 3 is 2.43 bits per heavy atom. The molecule has 0 aromatic heterocycles. The Kier molecular flexibility index (Phi) is 5.28. The SMILES string of the molecule is CC(C)CCNC(=O)C1CC1C(=O)Nc1ccc(F)c(F)c1F. The van der Waals surface area contributed by atoms with Gasteiger partial charge in [-0.3, -0.25) is 9.59 Å². The van der Waals surface area contributed by atoms with Crippen LogP contribution in [0.25, 0.3) is 0 Å². The smallest absolute Gasteiger partial charge is 0.228 e. The van der Waals surface area contributed by atoms with Gasteiger partial charge in [-0.05, 0) is 30.9 Å². The van der Waals surface area contributed by atoms with Crippen molar-refractivity contribution in [1.29, 1.82) is 0 Å². The summed E-state index contributed by atoms with van der Waals surface area (Å²) in [5.74, 6) is -5.75. The van der Waals surface area contributed by atoms with Crippen LogP contribution in [-0.4, -0.2) is 18.4 Å². The number of carbonyl (C=O) groups is 2. The highest BCUT2D eigenvalue weighted by molar-refractivity contribution is 5.99. The Bertz CT molecular complexity index is 620. The fourth-order valence-corrected chi connectivity index (χ4v) is 2.24. The molecule has 0 heterocycles. The van der Waals surface area contributed by atoms with Crippen LogP contribution in [0.5, 0.6) is 0 Å². The minimum Gasteiger partial charge on any atom is -0.356 e. The molecule has 0 radical (unpaired) electrons. The summed E-state index contributed by atoms with van der Waals surface area (Å²) in [6.45, 7) is 4.62. The highest BCUT2D eigenvalue weighted by atomic mass is 19.2. The van der Waals surface area contributed by atoms with Crippen molar-refractivity contribution in [3.63, 3.8) is 0 Å². The zero-order valence-electron chi connectivity index (χ0n) is 13.0. The molecule has 0 saturated heterocycles. The Morgan fingerprint density at radius 1 is 1.13 bits per heavy atom. The number of carbonyl (C=O) groups excluding carboxylic acids is 2. The number of anilines is 1. The van der Waals surface area contributed by atoms with Gasteiger partial charge >= 0.3 is 0 Å². The van der Waals surface area contributed by atoms with Gasteiger partial charge in [0.25, 0.3) is 0 Å². The summed E-state index contributed by atoms with van der Waals surface area (Å²) in [5, 5.41) is 4.95. The lowest BCUT2D eigenvalue weighted by Gasteiger charge is -2.08. The molecule has 4 nitrogen and oxygen atoms in total. The van der Waals surface area contributed by atoms with E-state index < -0.39 is 40.9 Å². The average Bonchev–Trinajstić information content (AvgIpc) is 3.28. The van der Waals surface area contributed by atoms with E-state index in [9.17, 15) is 22.8 Å². The topological polar surface area (TPSA) is 58.2 Å². The van der Waals surface area contributed by atoms with E-state index in [1.807, 2.05) is 13.8 Å². The van der Waals surface area contributed by atoms with Crippen LogP contribution in [0.3, 0.4) is 0 Å². The van der Waals surface area contributed by atoms with Gasteiger partial charge in [-0.15, -0.1) is 0 Å². The second kappa shape index (κ2) is 7.02. The largest absolute Gasteiger partial charge is 0.356 e. The lowest BCUT2D eigenvalue weighted by atomic mass is 10.1. The van der Waals surface area contributed by atoms with Gasteiger partial charge in [0, 0.05) is 6.54 Å². The van der Waals surface area contributed by atoms with E-state index in [0.717, 1.165) is 18.6 Å². The highest BCUT2D eigenvalue weighted by Crippen LogP contribution is 2.39. The van der Waals surface area contributed by atoms with Gasteiger partial charge in [0.1, 0.15) is 0 Å². The van der Waals surface area contributed by atoms with E-state index in [2.05, 4.69) is 10.6 Å². The molecule has 0 aliphatic heterocycles. The number of hydrogen-bond acceptors (Lipinski definition) is 2. The first kappa shape index (κ1) is 17.3. The van der Waals surface area contributed by atoms with Gasteiger partial charge < -0.3 is 10.6 Å². The van der Waals surface area contributed by atoms with Crippen LogP contribution in [0.4, 0.5) is 18.9 Å². The predicted molar refractivity (Wildman–Crippen MR) is 79.0 cm³/mol. The molecule has 1 aromatic carbocycles. The molecule has 23 heavy (non-hydrogen) atoms. The molecular weight excluding hydrogens is 309 g/mol. The predicted octanol–water partition coefficient (Wildman–Crippen LogP) is 2.84. The van der Waals surface area contributed by atoms with Crippen molar-refractivity contribution in [3.05, 3.63) is 29.6 Å². The normalized spacial score (nSPS) is 19.6. The van der Waals surface area contributed by atoms with E-state index in [4.69, 9.17) is 0 Å². The molecule has 2 rings (SSSR count). The molecule has 2 atom stereocenters. The highest BCUT2D eigenvalue weighted by Gasteiger charge is 2.48. The number of rotatable bonds is 6. The number of hydrogen-bond donors (Lipinski definition) is 2. The van der Waals surface area contributed by atoms with Crippen molar-refractivity contribution in [1.82, 2.24) is 5.32 Å². The monoisotopic (exact) mass is 328 g/mol. The van der Waals surface area contributed by atoms with E-state index in [0.29, 0.717) is 18.9 Å². The lowest BCUT2D eigenvalue weighted by Crippen LogP contribution is -2.29. The standard InChI is InChI=1S/C16H19F3N2O2/c1-8(2)5-6-20-15(22)9-7-10(9)16(23)21-12-4-3-11(17)13(18)14(12)19/h3-4,8-10H,5-7H2,1-2H3,(H,20,22)(H,21,23). The molecule has 1 aromatic rings. The molecule has 126 valence electrons. The number of halogens is 3. The molecule has 1 saturated carbocycles. The minimum atomic E-state index is -1.64. The summed E-state index contributed by atoms with van der Waals surface area (Å²) in [6.07, 6.45) is 1.21. The van der Waals surface area contributed by atoms with Crippen LogP contribution in [0.1, 0.15) is 26.7 Å². The Labute approximate surface area is 132 Å². The minimum absolute atomic E-state index is 0.212. The third-order valence-electron chi connectivity index (χ3n) is 3.78. The average molecular weight is 328 g/mol. The molecule has 1 aliphatic carbocycles. The van der Waals surface area contributed by atoms with Gasteiger partial charge in [0.2, 0.25) is 11.8 Å². The summed E-state index contributed by atoms with van der Waals surface area (Å²) in [7, 11) is 0. The molecule has 2 amide bonds. The fourth-order valence-electron chi connectivity index (χ4n) is 2.24. The van der Waals surface area contributed by atoms with Crippen molar-refractivity contribution >= 4 is 17.5 Å². The summed E-state index contributed by atoms with van der Waals surface area (Å²) in [5.41, 5.74) is -0.431. The van der Waals surface area contributed by atoms with E-state index in [-0.39, 0.29) is 5.91 Å². The quantitative estimate of drug-likeness (QED) is 0.789. The zero-order chi connectivity index (χ0) is 17.1. The van der Waals surface area contributed by atoms with E-state index in [1.54, 1.807) is 0 Å².